The second-order valence-electron chi connectivity index (χ2n) is 3.51. The van der Waals surface area contributed by atoms with Crippen molar-refractivity contribution in [1.82, 2.24) is 5.32 Å². The van der Waals surface area contributed by atoms with Crippen LogP contribution in [0, 0.1) is 0 Å². The van der Waals surface area contributed by atoms with Crippen LogP contribution in [0.4, 0.5) is 0 Å². The number of amides is 2. The molecule has 0 bridgehead atoms. The summed E-state index contributed by atoms with van der Waals surface area (Å²) in [6, 6.07) is 5.15. The van der Waals surface area contributed by atoms with Gasteiger partial charge in [-0.15, -0.1) is 0 Å². The summed E-state index contributed by atoms with van der Waals surface area (Å²) < 4.78 is 0. The van der Waals surface area contributed by atoms with Gasteiger partial charge in [0.1, 0.15) is 0 Å². The van der Waals surface area contributed by atoms with Crippen LogP contribution in [0.5, 0.6) is 0 Å². The van der Waals surface area contributed by atoms with Crippen LogP contribution in [0.25, 0.3) is 0 Å². The van der Waals surface area contributed by atoms with Crippen LogP contribution in [0.15, 0.2) is 23.2 Å². The van der Waals surface area contributed by atoms with Gasteiger partial charge >= 0.3 is 0 Å². The van der Waals surface area contributed by atoms with Crippen LogP contribution < -0.4 is 5.32 Å². The molecule has 1 aliphatic heterocycles. The van der Waals surface area contributed by atoms with Crippen molar-refractivity contribution in [1.29, 1.82) is 0 Å². The highest BCUT2D eigenvalue weighted by Gasteiger charge is 2.19. The van der Waals surface area contributed by atoms with Gasteiger partial charge < -0.3 is 5.32 Å². The Kier molecular flexibility index (Phi) is 2.81. The maximum atomic E-state index is 11.8. The number of carbonyl (C=O) groups excluding carboxylic acids is 2. The second-order valence-corrected chi connectivity index (χ2v) is 3.51. The van der Waals surface area contributed by atoms with E-state index in [0.717, 1.165) is 5.56 Å². The van der Waals surface area contributed by atoms with Gasteiger partial charge in [-0.2, -0.15) is 0 Å². The summed E-state index contributed by atoms with van der Waals surface area (Å²) in [7, 11) is 0. The monoisotopic (exact) mass is 216 g/mol. The van der Waals surface area contributed by atoms with Crippen LogP contribution in [-0.2, 0) is 6.42 Å². The summed E-state index contributed by atoms with van der Waals surface area (Å²) >= 11 is 0. The molecular formula is C12H12N2O2. The molecule has 1 aromatic carbocycles. The fourth-order valence-corrected chi connectivity index (χ4v) is 1.77. The first kappa shape index (κ1) is 10.5. The van der Waals surface area contributed by atoms with Crippen molar-refractivity contribution < 1.29 is 9.59 Å². The van der Waals surface area contributed by atoms with Crippen LogP contribution in [0.1, 0.15) is 33.2 Å². The minimum atomic E-state index is -0.271. The average molecular weight is 216 g/mol. The predicted molar refractivity (Wildman–Crippen MR) is 61.0 cm³/mol. The third-order valence-electron chi connectivity index (χ3n) is 2.49. The van der Waals surface area contributed by atoms with Crippen molar-refractivity contribution in [3.05, 3.63) is 34.9 Å². The third-order valence-corrected chi connectivity index (χ3v) is 2.49. The number of fused-ring (bicyclic) bond motifs is 1. The molecule has 16 heavy (non-hydrogen) atoms. The summed E-state index contributed by atoms with van der Waals surface area (Å²) in [5.41, 5.74) is 1.87. The van der Waals surface area contributed by atoms with E-state index < -0.39 is 0 Å². The van der Waals surface area contributed by atoms with Crippen molar-refractivity contribution in [3.63, 3.8) is 0 Å². The minimum absolute atomic E-state index is 0.137. The molecule has 0 fully saturated rings. The number of aliphatic imine (C=N–C) groups is 1. The highest BCUT2D eigenvalue weighted by atomic mass is 16.2. The summed E-state index contributed by atoms with van der Waals surface area (Å²) in [6.45, 7) is 2.43. The molecule has 0 aromatic heterocycles. The number of benzene rings is 1. The number of nitrogens with one attached hydrogen (secondary N) is 1. The largest absolute Gasteiger partial charge is 0.352 e. The molecule has 0 saturated carbocycles. The standard InChI is InChI=1S/C12H12N2O2/c1-2-13-11(15)9-4-3-5-10-8(9)6-7-14-12(10)16/h3-5,7H,2,6H2,1H3,(H,13,15). The van der Waals surface area contributed by atoms with Crippen LogP contribution >= 0.6 is 0 Å². The van der Waals surface area contributed by atoms with Gasteiger partial charge in [0.05, 0.1) is 0 Å². The Morgan fingerprint density at radius 3 is 3.06 bits per heavy atom. The van der Waals surface area contributed by atoms with E-state index in [1.165, 1.54) is 0 Å². The van der Waals surface area contributed by atoms with Crippen molar-refractivity contribution in [2.24, 2.45) is 4.99 Å². The van der Waals surface area contributed by atoms with Gasteiger partial charge in [-0.3, -0.25) is 9.59 Å². The van der Waals surface area contributed by atoms with Crippen molar-refractivity contribution in [3.8, 4) is 0 Å². The summed E-state index contributed by atoms with van der Waals surface area (Å²) in [6.07, 6.45) is 2.09. The molecule has 0 radical (unpaired) electrons. The van der Waals surface area contributed by atoms with Gasteiger partial charge in [0, 0.05) is 30.3 Å². The fraction of sp³-hybridized carbons (Fsp3) is 0.250. The van der Waals surface area contributed by atoms with E-state index >= 15 is 0 Å². The van der Waals surface area contributed by atoms with E-state index in [2.05, 4.69) is 10.3 Å². The van der Waals surface area contributed by atoms with E-state index in [4.69, 9.17) is 0 Å². The lowest BCUT2D eigenvalue weighted by atomic mass is 9.96. The van der Waals surface area contributed by atoms with E-state index in [1.54, 1.807) is 24.4 Å². The van der Waals surface area contributed by atoms with Gasteiger partial charge in [0.15, 0.2) is 0 Å². The Hall–Kier alpha value is -1.97. The smallest absolute Gasteiger partial charge is 0.276 e. The van der Waals surface area contributed by atoms with Crippen molar-refractivity contribution >= 4 is 18.0 Å². The van der Waals surface area contributed by atoms with E-state index in [0.29, 0.717) is 24.1 Å². The van der Waals surface area contributed by atoms with Crippen LogP contribution in [0.2, 0.25) is 0 Å². The summed E-state index contributed by atoms with van der Waals surface area (Å²) in [5, 5.41) is 2.73. The SMILES string of the molecule is CCNC(=O)c1cccc2c1CC=NC2=O. The molecule has 4 nitrogen and oxygen atoms in total. The van der Waals surface area contributed by atoms with Crippen molar-refractivity contribution in [2.75, 3.05) is 6.54 Å². The van der Waals surface area contributed by atoms with Gasteiger partial charge in [-0.1, -0.05) is 6.07 Å². The van der Waals surface area contributed by atoms with E-state index in [-0.39, 0.29) is 11.8 Å². The Morgan fingerprint density at radius 2 is 2.31 bits per heavy atom. The first-order chi connectivity index (χ1) is 7.74. The van der Waals surface area contributed by atoms with Gasteiger partial charge in [-0.25, -0.2) is 4.99 Å². The number of nitrogens with zero attached hydrogens (tertiary/aromatic N) is 1. The van der Waals surface area contributed by atoms with Crippen LogP contribution in [0.3, 0.4) is 0 Å². The fourth-order valence-electron chi connectivity index (χ4n) is 1.77. The molecule has 1 N–H and O–H groups in total. The maximum absolute atomic E-state index is 11.8. The Bertz CT molecular complexity index is 478. The van der Waals surface area contributed by atoms with Gasteiger partial charge in [-0.05, 0) is 24.6 Å². The molecule has 82 valence electrons. The zero-order valence-corrected chi connectivity index (χ0v) is 8.99. The van der Waals surface area contributed by atoms with Crippen LogP contribution in [-0.4, -0.2) is 24.6 Å². The molecule has 0 saturated heterocycles. The highest BCUT2D eigenvalue weighted by molar-refractivity contribution is 6.07. The predicted octanol–water partition coefficient (Wildman–Crippen LogP) is 1.20. The lowest BCUT2D eigenvalue weighted by molar-refractivity contribution is 0.0955. The summed E-state index contributed by atoms with van der Waals surface area (Å²) in [4.78, 5) is 27.0. The topological polar surface area (TPSA) is 58.5 Å². The molecule has 0 spiro atoms. The molecule has 4 heteroatoms. The van der Waals surface area contributed by atoms with Gasteiger partial charge in [0.2, 0.25) is 0 Å². The Labute approximate surface area is 93.4 Å². The Balaban J connectivity index is 2.46. The quantitative estimate of drug-likeness (QED) is 0.807. The summed E-state index contributed by atoms with van der Waals surface area (Å²) in [5.74, 6) is -0.408. The number of hydrogen-bond acceptors (Lipinski definition) is 2. The molecule has 0 atom stereocenters. The van der Waals surface area contributed by atoms with Crippen molar-refractivity contribution in [2.45, 2.75) is 13.3 Å². The molecule has 0 aliphatic carbocycles. The second kappa shape index (κ2) is 4.26. The Morgan fingerprint density at radius 1 is 1.50 bits per heavy atom. The average Bonchev–Trinajstić information content (AvgIpc) is 2.29. The molecule has 1 aromatic rings. The molecule has 1 aliphatic rings. The lowest BCUT2D eigenvalue weighted by Gasteiger charge is -2.13. The zero-order chi connectivity index (χ0) is 11.5. The highest BCUT2D eigenvalue weighted by Crippen LogP contribution is 2.19. The zero-order valence-electron chi connectivity index (χ0n) is 8.99. The number of hydrogen-bond donors (Lipinski definition) is 1. The minimum Gasteiger partial charge on any atom is -0.352 e. The molecule has 1 heterocycles. The first-order valence-corrected chi connectivity index (χ1v) is 5.21. The third kappa shape index (κ3) is 1.74. The number of rotatable bonds is 2. The molecule has 2 rings (SSSR count). The number of carbonyl (C=O) groups is 2. The molecule has 2 amide bonds. The lowest BCUT2D eigenvalue weighted by Crippen LogP contribution is -2.25. The molecular weight excluding hydrogens is 204 g/mol. The maximum Gasteiger partial charge on any atom is 0.276 e. The van der Waals surface area contributed by atoms with E-state index in [1.807, 2.05) is 6.92 Å². The van der Waals surface area contributed by atoms with E-state index in [9.17, 15) is 9.59 Å². The normalized spacial score (nSPS) is 13.4. The molecule has 0 unspecified atom stereocenters. The van der Waals surface area contributed by atoms with Gasteiger partial charge in [0.25, 0.3) is 11.8 Å². The first-order valence-electron chi connectivity index (χ1n) is 5.21.